The molecule has 3 aromatic heterocycles. The minimum Gasteiger partial charge on any atom is -0.258 e. The number of alkyl halides is 3. The number of nitro groups is 1. The van der Waals surface area contributed by atoms with E-state index in [0.717, 1.165) is 18.4 Å². The van der Waals surface area contributed by atoms with Gasteiger partial charge in [0.15, 0.2) is 15.7 Å². The number of nitrogens with zero attached hydrogens (tertiary/aromatic N) is 5. The molecule has 0 spiro atoms. The molecule has 0 fully saturated rings. The summed E-state index contributed by atoms with van der Waals surface area (Å²) in [5.41, 5.74) is -1.04. The van der Waals surface area contributed by atoms with E-state index in [-0.39, 0.29) is 32.7 Å². The van der Waals surface area contributed by atoms with Gasteiger partial charge in [-0.3, -0.25) is 10.1 Å². The van der Waals surface area contributed by atoms with Crippen molar-refractivity contribution in [1.29, 1.82) is 0 Å². The van der Waals surface area contributed by atoms with E-state index >= 15 is 0 Å². The first-order chi connectivity index (χ1) is 14.9. The van der Waals surface area contributed by atoms with E-state index < -0.39 is 32.3 Å². The molecule has 0 N–H and O–H groups in total. The fraction of sp³-hybridized carbons (Fsp3) is 0.105. The number of rotatable bonds is 4. The lowest BCUT2D eigenvalue weighted by atomic mass is 10.1. The van der Waals surface area contributed by atoms with Crippen LogP contribution in [-0.4, -0.2) is 39.3 Å². The largest absolute Gasteiger partial charge is 0.433 e. The SMILES string of the molecule is CS(=O)(=O)c1ccc(-c2cnn(-c3nccc4nc(C(F)(F)F)ccc34)c2)c([N+](=O)[O-])c1. The summed E-state index contributed by atoms with van der Waals surface area (Å²) in [4.78, 5) is 18.4. The molecule has 0 amide bonds. The number of benzene rings is 1. The molecule has 0 aliphatic rings. The van der Waals surface area contributed by atoms with Crippen LogP contribution >= 0.6 is 0 Å². The Morgan fingerprint density at radius 1 is 1.12 bits per heavy atom. The summed E-state index contributed by atoms with van der Waals surface area (Å²) in [5.74, 6) is 0.172. The van der Waals surface area contributed by atoms with Crippen LogP contribution in [0.15, 0.2) is 59.9 Å². The van der Waals surface area contributed by atoms with Crippen molar-refractivity contribution in [2.75, 3.05) is 6.26 Å². The zero-order valence-corrected chi connectivity index (χ0v) is 16.9. The standard InChI is InChI=1S/C19H12F3N5O4S/c1-32(30,31)12-2-3-13(16(8-12)27(28)29)11-9-24-26(10-11)18-14-4-5-17(19(20,21)22)25-15(14)6-7-23-18/h2-10H,1H3. The Bertz CT molecular complexity index is 1480. The van der Waals surface area contributed by atoms with Crippen LogP contribution in [-0.2, 0) is 16.0 Å². The first-order valence-electron chi connectivity index (χ1n) is 8.82. The molecule has 9 nitrogen and oxygen atoms in total. The molecule has 3 heterocycles. The average molecular weight is 463 g/mol. The molecule has 0 saturated carbocycles. The topological polar surface area (TPSA) is 121 Å². The monoisotopic (exact) mass is 463 g/mol. The molecule has 13 heteroatoms. The molecular formula is C19H12F3N5O4S. The predicted molar refractivity (Wildman–Crippen MR) is 107 cm³/mol. The molecule has 32 heavy (non-hydrogen) atoms. The Morgan fingerprint density at radius 3 is 2.53 bits per heavy atom. The number of nitro benzene ring substituents is 1. The first kappa shape index (κ1) is 21.4. The highest BCUT2D eigenvalue weighted by molar-refractivity contribution is 7.90. The van der Waals surface area contributed by atoms with Gasteiger partial charge in [-0.15, -0.1) is 0 Å². The number of fused-ring (bicyclic) bond motifs is 1. The van der Waals surface area contributed by atoms with Crippen molar-refractivity contribution in [3.63, 3.8) is 0 Å². The van der Waals surface area contributed by atoms with Gasteiger partial charge in [-0.25, -0.2) is 23.1 Å². The third-order valence-electron chi connectivity index (χ3n) is 4.59. The highest BCUT2D eigenvalue weighted by Gasteiger charge is 2.32. The minimum atomic E-state index is -4.60. The van der Waals surface area contributed by atoms with Crippen LogP contribution in [0.25, 0.3) is 27.8 Å². The Kier molecular flexibility index (Phi) is 4.92. The highest BCUT2D eigenvalue weighted by atomic mass is 32.2. The van der Waals surface area contributed by atoms with E-state index in [1.165, 1.54) is 47.5 Å². The van der Waals surface area contributed by atoms with Crippen LogP contribution in [0.3, 0.4) is 0 Å². The van der Waals surface area contributed by atoms with E-state index in [9.17, 15) is 31.7 Å². The van der Waals surface area contributed by atoms with Crippen LogP contribution in [0.1, 0.15) is 5.69 Å². The summed E-state index contributed by atoms with van der Waals surface area (Å²) >= 11 is 0. The second-order valence-corrected chi connectivity index (χ2v) is 8.79. The van der Waals surface area contributed by atoms with Crippen LogP contribution in [0, 0.1) is 10.1 Å². The normalized spacial score (nSPS) is 12.2. The van der Waals surface area contributed by atoms with E-state index in [2.05, 4.69) is 15.1 Å². The van der Waals surface area contributed by atoms with Crippen LogP contribution in [0.5, 0.6) is 0 Å². The molecular weight excluding hydrogens is 451 g/mol. The Morgan fingerprint density at radius 2 is 1.88 bits per heavy atom. The van der Waals surface area contributed by atoms with E-state index in [1.807, 2.05) is 0 Å². The maximum Gasteiger partial charge on any atom is 0.433 e. The van der Waals surface area contributed by atoms with Crippen LogP contribution in [0.2, 0.25) is 0 Å². The number of halogens is 3. The smallest absolute Gasteiger partial charge is 0.258 e. The molecule has 4 aromatic rings. The summed E-state index contributed by atoms with van der Waals surface area (Å²) in [7, 11) is -3.66. The summed E-state index contributed by atoms with van der Waals surface area (Å²) in [6.45, 7) is 0. The lowest BCUT2D eigenvalue weighted by molar-refractivity contribution is -0.384. The van der Waals surface area contributed by atoms with Crippen LogP contribution < -0.4 is 0 Å². The van der Waals surface area contributed by atoms with Crippen LogP contribution in [0.4, 0.5) is 18.9 Å². The van der Waals surface area contributed by atoms with Gasteiger partial charge in [-0.05, 0) is 30.3 Å². The van der Waals surface area contributed by atoms with Gasteiger partial charge in [0.25, 0.3) is 5.69 Å². The Balaban J connectivity index is 1.82. The van der Waals surface area contributed by atoms with Crippen molar-refractivity contribution in [1.82, 2.24) is 19.7 Å². The fourth-order valence-electron chi connectivity index (χ4n) is 3.09. The van der Waals surface area contributed by atoms with Gasteiger partial charge in [0.05, 0.1) is 27.1 Å². The molecule has 0 radical (unpaired) electrons. The van der Waals surface area contributed by atoms with Gasteiger partial charge < -0.3 is 0 Å². The van der Waals surface area contributed by atoms with Gasteiger partial charge in [-0.1, -0.05) is 0 Å². The predicted octanol–water partition coefficient (Wildman–Crippen LogP) is 3.81. The van der Waals surface area contributed by atoms with E-state index in [1.54, 1.807) is 0 Å². The second kappa shape index (κ2) is 7.37. The summed E-state index contributed by atoms with van der Waals surface area (Å²) in [6.07, 6.45) is 0.319. The third kappa shape index (κ3) is 3.89. The molecule has 0 bridgehead atoms. The number of aromatic nitrogens is 4. The lowest BCUT2D eigenvalue weighted by Gasteiger charge is -2.09. The minimum absolute atomic E-state index is 0.0466. The number of hydrogen-bond donors (Lipinski definition) is 0. The number of pyridine rings is 2. The van der Waals surface area contributed by atoms with E-state index in [4.69, 9.17) is 0 Å². The van der Waals surface area contributed by atoms with Gasteiger partial charge in [0.1, 0.15) is 5.69 Å². The summed E-state index contributed by atoms with van der Waals surface area (Å²) in [6, 6.07) is 6.87. The quantitative estimate of drug-likeness (QED) is 0.333. The second-order valence-electron chi connectivity index (χ2n) is 6.78. The zero-order chi connectivity index (χ0) is 23.3. The van der Waals surface area contributed by atoms with Crippen molar-refractivity contribution in [3.8, 4) is 16.9 Å². The first-order valence-corrected chi connectivity index (χ1v) is 10.7. The summed E-state index contributed by atoms with van der Waals surface area (Å²) < 4.78 is 63.6. The van der Waals surface area contributed by atoms with Gasteiger partial charge in [-0.2, -0.15) is 18.3 Å². The molecule has 4 rings (SSSR count). The van der Waals surface area contributed by atoms with Gasteiger partial charge >= 0.3 is 6.18 Å². The van der Waals surface area contributed by atoms with Crippen molar-refractivity contribution < 1.29 is 26.5 Å². The van der Waals surface area contributed by atoms with Gasteiger partial charge in [0.2, 0.25) is 0 Å². The van der Waals surface area contributed by atoms with Crippen molar-refractivity contribution in [3.05, 3.63) is 70.8 Å². The Labute approximate surface area is 178 Å². The van der Waals surface area contributed by atoms with Crippen molar-refractivity contribution in [2.24, 2.45) is 0 Å². The number of sulfone groups is 1. The molecule has 0 aliphatic heterocycles. The maximum absolute atomic E-state index is 12.9. The molecule has 0 atom stereocenters. The molecule has 0 saturated heterocycles. The Hall–Kier alpha value is -3.87. The molecule has 0 unspecified atom stereocenters. The molecule has 164 valence electrons. The fourth-order valence-corrected chi connectivity index (χ4v) is 3.74. The average Bonchev–Trinajstić information content (AvgIpc) is 3.21. The van der Waals surface area contributed by atoms with E-state index in [0.29, 0.717) is 0 Å². The zero-order valence-electron chi connectivity index (χ0n) is 16.1. The lowest BCUT2D eigenvalue weighted by Crippen LogP contribution is -2.08. The maximum atomic E-state index is 12.9. The highest BCUT2D eigenvalue weighted by Crippen LogP contribution is 2.33. The number of hydrogen-bond acceptors (Lipinski definition) is 7. The molecule has 0 aliphatic carbocycles. The molecule has 1 aromatic carbocycles. The summed E-state index contributed by atoms with van der Waals surface area (Å²) in [5, 5.41) is 15.9. The van der Waals surface area contributed by atoms with Gasteiger partial charge in [0, 0.05) is 35.7 Å². The van der Waals surface area contributed by atoms with Crippen molar-refractivity contribution >= 4 is 26.4 Å². The third-order valence-corrected chi connectivity index (χ3v) is 5.70. The van der Waals surface area contributed by atoms with Crippen molar-refractivity contribution in [2.45, 2.75) is 11.1 Å².